The minimum Gasteiger partial charge on any atom is -0.372 e. The Bertz CT molecular complexity index is 858. The van der Waals surface area contributed by atoms with Crippen LogP contribution < -0.4 is 10.6 Å². The number of hydrogen-bond acceptors (Lipinski definition) is 5. The lowest BCUT2D eigenvalue weighted by Crippen LogP contribution is -2.15. The molecule has 0 aliphatic heterocycles. The van der Waals surface area contributed by atoms with Crippen molar-refractivity contribution in [3.63, 3.8) is 0 Å². The van der Waals surface area contributed by atoms with Crippen LogP contribution in [0.2, 0.25) is 0 Å². The first-order valence-corrected chi connectivity index (χ1v) is 7.11. The van der Waals surface area contributed by atoms with Gasteiger partial charge in [-0.3, -0.25) is 4.79 Å². The van der Waals surface area contributed by atoms with E-state index in [1.54, 1.807) is 28.4 Å². The van der Waals surface area contributed by atoms with Crippen LogP contribution in [0.3, 0.4) is 0 Å². The third-order valence-corrected chi connectivity index (χ3v) is 3.77. The highest BCUT2D eigenvalue weighted by molar-refractivity contribution is 7.08. The molecule has 0 aromatic carbocycles. The Hall–Kier alpha value is -2.85. The van der Waals surface area contributed by atoms with Crippen molar-refractivity contribution < 1.29 is 4.79 Å². The smallest absolute Gasteiger partial charge is 0.274 e. The van der Waals surface area contributed by atoms with Crippen LogP contribution in [0.5, 0.6) is 0 Å². The molecule has 21 heavy (non-hydrogen) atoms. The van der Waals surface area contributed by atoms with E-state index in [9.17, 15) is 4.79 Å². The standard InChI is InChI=1S/C14H11N5OS/c1-16-13-5-3-10-2-4-12(19(10)18-13)14(20)17-11-8-21-7-9(11)6-15/h2-5,7-8H,1H3,(H,16,18)(H,17,20). The molecule has 3 rings (SSSR count). The Labute approximate surface area is 124 Å². The molecule has 0 bridgehead atoms. The third-order valence-electron chi connectivity index (χ3n) is 3.02. The molecule has 0 aliphatic rings. The van der Waals surface area contributed by atoms with Crippen molar-refractivity contribution in [2.75, 3.05) is 17.7 Å². The van der Waals surface area contributed by atoms with Gasteiger partial charge >= 0.3 is 0 Å². The number of thiophene rings is 1. The topological polar surface area (TPSA) is 82.2 Å². The van der Waals surface area contributed by atoms with E-state index in [0.717, 1.165) is 5.52 Å². The van der Waals surface area contributed by atoms with E-state index in [1.807, 2.05) is 24.3 Å². The van der Waals surface area contributed by atoms with Gasteiger partial charge in [0.1, 0.15) is 17.6 Å². The third kappa shape index (κ3) is 2.32. The molecule has 2 N–H and O–H groups in total. The van der Waals surface area contributed by atoms with Crippen LogP contribution in [0.15, 0.2) is 35.0 Å². The molecule has 0 radical (unpaired) electrons. The summed E-state index contributed by atoms with van der Waals surface area (Å²) in [5, 5.41) is 22.4. The number of carbonyl (C=O) groups excluding carboxylic acids is 1. The van der Waals surface area contributed by atoms with Gasteiger partial charge in [-0.15, -0.1) is 16.4 Å². The summed E-state index contributed by atoms with van der Waals surface area (Å²) in [6.45, 7) is 0. The Morgan fingerprint density at radius 2 is 2.14 bits per heavy atom. The van der Waals surface area contributed by atoms with Gasteiger partial charge in [0.2, 0.25) is 0 Å². The predicted molar refractivity (Wildman–Crippen MR) is 81.7 cm³/mol. The van der Waals surface area contributed by atoms with Crippen LogP contribution >= 0.6 is 11.3 Å². The summed E-state index contributed by atoms with van der Waals surface area (Å²) < 4.78 is 1.57. The Morgan fingerprint density at radius 3 is 2.90 bits per heavy atom. The molecule has 7 heteroatoms. The van der Waals surface area contributed by atoms with Crippen molar-refractivity contribution in [1.82, 2.24) is 9.61 Å². The number of fused-ring (bicyclic) bond motifs is 1. The maximum absolute atomic E-state index is 12.4. The zero-order chi connectivity index (χ0) is 14.8. The highest BCUT2D eigenvalue weighted by Crippen LogP contribution is 2.21. The first-order valence-electron chi connectivity index (χ1n) is 6.17. The van der Waals surface area contributed by atoms with Crippen LogP contribution in [-0.4, -0.2) is 22.6 Å². The number of nitrogens with one attached hydrogen (secondary N) is 2. The molecule has 1 amide bonds. The van der Waals surface area contributed by atoms with E-state index in [-0.39, 0.29) is 5.91 Å². The van der Waals surface area contributed by atoms with Crippen LogP contribution in [-0.2, 0) is 0 Å². The lowest BCUT2D eigenvalue weighted by atomic mass is 10.3. The molecule has 3 aromatic heterocycles. The lowest BCUT2D eigenvalue weighted by Gasteiger charge is -2.05. The van der Waals surface area contributed by atoms with Crippen molar-refractivity contribution in [3.8, 4) is 6.07 Å². The second kappa shape index (κ2) is 5.26. The highest BCUT2D eigenvalue weighted by Gasteiger charge is 2.14. The zero-order valence-electron chi connectivity index (χ0n) is 11.1. The average molecular weight is 297 g/mol. The first kappa shape index (κ1) is 13.1. The number of rotatable bonds is 3. The van der Waals surface area contributed by atoms with Crippen LogP contribution in [0, 0.1) is 11.3 Å². The predicted octanol–water partition coefficient (Wildman–Crippen LogP) is 2.56. The molecule has 0 spiro atoms. The number of nitriles is 1. The van der Waals surface area contributed by atoms with Crippen molar-refractivity contribution in [2.45, 2.75) is 0 Å². The summed E-state index contributed by atoms with van der Waals surface area (Å²) in [5.41, 5.74) is 2.22. The maximum atomic E-state index is 12.4. The van der Waals surface area contributed by atoms with Gasteiger partial charge in [0, 0.05) is 17.8 Å². The number of amides is 1. The summed E-state index contributed by atoms with van der Waals surface area (Å²) in [7, 11) is 1.77. The molecule has 0 unspecified atom stereocenters. The SMILES string of the molecule is CNc1ccc2ccc(C(=O)Nc3cscc3C#N)n2n1. The number of aromatic nitrogens is 2. The largest absolute Gasteiger partial charge is 0.372 e. The molecule has 104 valence electrons. The quantitative estimate of drug-likeness (QED) is 0.778. The minimum atomic E-state index is -0.300. The van der Waals surface area contributed by atoms with Gasteiger partial charge in [-0.25, -0.2) is 4.52 Å². The molecular formula is C14H11N5OS. The molecule has 0 saturated heterocycles. The van der Waals surface area contributed by atoms with Gasteiger partial charge in [0.05, 0.1) is 16.8 Å². The number of anilines is 2. The van der Waals surface area contributed by atoms with Crippen molar-refractivity contribution in [1.29, 1.82) is 5.26 Å². The molecule has 3 heterocycles. The summed E-state index contributed by atoms with van der Waals surface area (Å²) in [6.07, 6.45) is 0. The van der Waals surface area contributed by atoms with Crippen molar-refractivity contribution in [2.24, 2.45) is 0 Å². The van der Waals surface area contributed by atoms with Gasteiger partial charge < -0.3 is 10.6 Å². The first-order chi connectivity index (χ1) is 10.2. The van der Waals surface area contributed by atoms with Gasteiger partial charge in [-0.05, 0) is 24.3 Å². The Kier molecular flexibility index (Phi) is 3.30. The molecule has 0 saturated carbocycles. The zero-order valence-corrected chi connectivity index (χ0v) is 11.9. The van der Waals surface area contributed by atoms with Gasteiger partial charge in [-0.1, -0.05) is 0 Å². The van der Waals surface area contributed by atoms with E-state index < -0.39 is 0 Å². The summed E-state index contributed by atoms with van der Waals surface area (Å²) in [6, 6.07) is 9.28. The monoisotopic (exact) mass is 297 g/mol. The second-order valence-corrected chi connectivity index (χ2v) is 5.03. The molecule has 6 nitrogen and oxygen atoms in total. The normalized spacial score (nSPS) is 10.3. The Balaban J connectivity index is 1.96. The maximum Gasteiger partial charge on any atom is 0.274 e. The van der Waals surface area contributed by atoms with E-state index in [1.165, 1.54) is 11.3 Å². The van der Waals surface area contributed by atoms with Gasteiger partial charge in [-0.2, -0.15) is 5.26 Å². The summed E-state index contributed by atoms with van der Waals surface area (Å²) in [4.78, 5) is 12.4. The minimum absolute atomic E-state index is 0.300. The fraction of sp³-hybridized carbons (Fsp3) is 0.0714. The summed E-state index contributed by atoms with van der Waals surface area (Å²) in [5.74, 6) is 0.367. The number of nitrogens with zero attached hydrogens (tertiary/aromatic N) is 3. The van der Waals surface area contributed by atoms with Crippen molar-refractivity contribution in [3.05, 3.63) is 46.3 Å². The highest BCUT2D eigenvalue weighted by atomic mass is 32.1. The second-order valence-electron chi connectivity index (χ2n) is 4.29. The molecule has 3 aromatic rings. The van der Waals surface area contributed by atoms with Gasteiger partial charge in [0.25, 0.3) is 5.91 Å². The van der Waals surface area contributed by atoms with Gasteiger partial charge in [0.15, 0.2) is 0 Å². The van der Waals surface area contributed by atoms with Crippen LogP contribution in [0.25, 0.3) is 5.52 Å². The van der Waals surface area contributed by atoms with E-state index >= 15 is 0 Å². The average Bonchev–Trinajstić information content (AvgIpc) is 3.12. The Morgan fingerprint density at radius 1 is 1.33 bits per heavy atom. The molecule has 0 fully saturated rings. The van der Waals surface area contributed by atoms with Crippen LogP contribution in [0.4, 0.5) is 11.5 Å². The van der Waals surface area contributed by atoms with E-state index in [4.69, 9.17) is 5.26 Å². The lowest BCUT2D eigenvalue weighted by molar-refractivity contribution is 0.102. The van der Waals surface area contributed by atoms with Crippen LogP contribution in [0.1, 0.15) is 16.1 Å². The van der Waals surface area contributed by atoms with E-state index in [0.29, 0.717) is 22.8 Å². The molecule has 0 aliphatic carbocycles. The fourth-order valence-electron chi connectivity index (χ4n) is 1.96. The molecule has 0 atom stereocenters. The van der Waals surface area contributed by atoms with E-state index in [2.05, 4.69) is 15.7 Å². The molecular weight excluding hydrogens is 286 g/mol. The number of hydrogen-bond donors (Lipinski definition) is 2. The summed E-state index contributed by atoms with van der Waals surface area (Å²) >= 11 is 1.37. The van der Waals surface area contributed by atoms with Crippen molar-refractivity contribution >= 4 is 34.3 Å². The number of carbonyl (C=O) groups is 1. The fourth-order valence-corrected chi connectivity index (χ4v) is 2.67.